The van der Waals surface area contributed by atoms with Crippen LogP contribution < -0.4 is 24.8 Å². The maximum absolute atomic E-state index is 3.49. The number of allylic oxidation sites excluding steroid dienone is 4. The molecule has 0 aliphatic heterocycles. The minimum Gasteiger partial charge on any atom is -1.00 e. The second kappa shape index (κ2) is 10.9. The molecule has 0 saturated carbocycles. The summed E-state index contributed by atoms with van der Waals surface area (Å²) in [4.78, 5) is 0. The molecule has 0 saturated heterocycles. The normalized spacial score (nSPS) is 10.9. The molecular weight excluding hydrogens is 434 g/mol. The van der Waals surface area contributed by atoms with Gasteiger partial charge in [-0.25, -0.2) is 12.2 Å². The van der Waals surface area contributed by atoms with Gasteiger partial charge in [-0.2, -0.15) is 12.1 Å². The van der Waals surface area contributed by atoms with Gasteiger partial charge in [-0.15, -0.1) is 34.9 Å². The Kier molecular flexibility index (Phi) is 12.3. The Hall–Kier alpha value is 0.253. The van der Waals surface area contributed by atoms with Crippen LogP contribution in [0.4, 0.5) is 0 Å². The van der Waals surface area contributed by atoms with E-state index in [-0.39, 0.29) is 51.0 Å². The summed E-state index contributed by atoms with van der Waals surface area (Å²) in [5, 5.41) is 2.70. The van der Waals surface area contributed by atoms with Crippen LogP contribution >= 0.6 is 15.9 Å². The van der Waals surface area contributed by atoms with Crippen molar-refractivity contribution in [3.63, 3.8) is 0 Å². The molecule has 0 atom stereocenters. The van der Waals surface area contributed by atoms with Gasteiger partial charge in [0.2, 0.25) is 0 Å². The van der Waals surface area contributed by atoms with Gasteiger partial charge in [-0.1, -0.05) is 34.5 Å². The van der Waals surface area contributed by atoms with Crippen LogP contribution in [0.2, 0.25) is 0 Å². The average Bonchev–Trinajstić information content (AvgIpc) is 2.88. The summed E-state index contributed by atoms with van der Waals surface area (Å²) in [6.07, 6.45) is 10.0. The predicted octanol–water partition coefficient (Wildman–Crippen LogP) is -0.751. The van der Waals surface area contributed by atoms with Gasteiger partial charge in [0.05, 0.1) is 0 Å². The van der Waals surface area contributed by atoms with Gasteiger partial charge in [0.1, 0.15) is 0 Å². The Labute approximate surface area is 161 Å². The van der Waals surface area contributed by atoms with Gasteiger partial charge in [-0.3, -0.25) is 6.08 Å². The largest absolute Gasteiger partial charge is 4.00 e. The van der Waals surface area contributed by atoms with Crippen molar-refractivity contribution in [1.82, 2.24) is 0 Å². The van der Waals surface area contributed by atoms with Crippen LogP contribution in [0.15, 0.2) is 47.0 Å². The topological polar surface area (TPSA) is 0 Å². The number of halogens is 3. The Morgan fingerprint density at radius 1 is 1.15 bits per heavy atom. The summed E-state index contributed by atoms with van der Waals surface area (Å²) < 4.78 is 1.16. The van der Waals surface area contributed by atoms with Crippen molar-refractivity contribution in [3.05, 3.63) is 64.2 Å². The molecule has 1 aliphatic rings. The van der Waals surface area contributed by atoms with E-state index in [1.54, 1.807) is 0 Å². The van der Waals surface area contributed by atoms with E-state index < -0.39 is 0 Å². The molecule has 4 heteroatoms. The SMILES string of the molecule is Cc1cc2c(C)cc(Br)cc2[cH-]1.[C-]1=CC=CC1.[Cl-].[Cl-].[Zr+4]. The van der Waals surface area contributed by atoms with Crippen LogP contribution in [0.1, 0.15) is 17.5 Å². The summed E-state index contributed by atoms with van der Waals surface area (Å²) in [6, 6.07) is 8.77. The van der Waals surface area contributed by atoms with Crippen LogP contribution in [0, 0.1) is 19.9 Å². The first-order valence-electron chi connectivity index (χ1n) is 5.72. The number of aryl methyl sites for hydroxylation is 2. The smallest absolute Gasteiger partial charge is 1.00 e. The fraction of sp³-hybridized carbons (Fsp3) is 0.188. The van der Waals surface area contributed by atoms with E-state index >= 15 is 0 Å². The minimum atomic E-state index is 0. The molecule has 0 spiro atoms. The molecule has 1 aliphatic carbocycles. The van der Waals surface area contributed by atoms with Gasteiger partial charge < -0.3 is 24.8 Å². The monoisotopic (exact) mass is 446 g/mol. The molecule has 20 heavy (non-hydrogen) atoms. The third-order valence-electron chi connectivity index (χ3n) is 2.72. The zero-order valence-corrected chi connectivity index (χ0v) is 16.9. The van der Waals surface area contributed by atoms with Crippen molar-refractivity contribution < 1.29 is 51.0 Å². The standard InChI is InChI=1S/C11H10Br.C5H5.2ClH.Zr/c1-7-3-9-6-10(12)5-8(2)11(9)4-7;1-2-4-5-3-1;;;/h3-6H,1-2H3;1-3H,4H2;2*1H;/q2*-1;;;+4/p-2. The molecule has 0 heterocycles. The van der Waals surface area contributed by atoms with E-state index in [9.17, 15) is 0 Å². The van der Waals surface area contributed by atoms with Crippen molar-refractivity contribution in [2.75, 3.05) is 0 Å². The Balaban J connectivity index is 0. The third-order valence-corrected chi connectivity index (χ3v) is 3.18. The van der Waals surface area contributed by atoms with Crippen LogP contribution in [-0.4, -0.2) is 0 Å². The molecular formula is C16H15BrCl2Zr. The fourth-order valence-electron chi connectivity index (χ4n) is 1.95. The van der Waals surface area contributed by atoms with Gasteiger partial charge in [0.25, 0.3) is 0 Å². The average molecular weight is 449 g/mol. The van der Waals surface area contributed by atoms with Gasteiger partial charge >= 0.3 is 26.2 Å². The van der Waals surface area contributed by atoms with Crippen molar-refractivity contribution in [2.24, 2.45) is 0 Å². The molecule has 2 aromatic carbocycles. The maximum Gasteiger partial charge on any atom is 4.00 e. The van der Waals surface area contributed by atoms with Gasteiger partial charge in [0, 0.05) is 0 Å². The molecule has 104 valence electrons. The van der Waals surface area contributed by atoms with Crippen LogP contribution in [0.3, 0.4) is 0 Å². The van der Waals surface area contributed by atoms with E-state index in [2.05, 4.69) is 66.2 Å². The zero-order chi connectivity index (χ0) is 12.3. The molecule has 0 aromatic heterocycles. The molecule has 3 rings (SSSR count). The van der Waals surface area contributed by atoms with Gasteiger partial charge in [-0.05, 0) is 11.4 Å². The molecule has 2 aromatic rings. The Bertz CT molecular complexity index is 575. The summed E-state index contributed by atoms with van der Waals surface area (Å²) in [6.45, 7) is 4.28. The fourth-order valence-corrected chi connectivity index (χ4v) is 2.54. The second-order valence-electron chi connectivity index (χ2n) is 4.26. The first-order chi connectivity index (χ1) is 8.16. The number of hydrogen-bond acceptors (Lipinski definition) is 0. The Morgan fingerprint density at radius 3 is 2.35 bits per heavy atom. The number of fused-ring (bicyclic) bond motifs is 1. The quantitative estimate of drug-likeness (QED) is 0.465. The van der Waals surface area contributed by atoms with Crippen LogP contribution in [0.25, 0.3) is 10.8 Å². The summed E-state index contributed by atoms with van der Waals surface area (Å²) >= 11 is 3.49. The number of rotatable bonds is 0. The van der Waals surface area contributed by atoms with E-state index in [0.29, 0.717) is 0 Å². The van der Waals surface area contributed by atoms with Crippen molar-refractivity contribution >= 4 is 26.7 Å². The molecule has 0 fully saturated rings. The van der Waals surface area contributed by atoms with Crippen molar-refractivity contribution in [3.8, 4) is 0 Å². The maximum atomic E-state index is 3.49. The van der Waals surface area contributed by atoms with Crippen molar-refractivity contribution in [1.29, 1.82) is 0 Å². The Morgan fingerprint density at radius 2 is 1.85 bits per heavy atom. The third kappa shape index (κ3) is 6.35. The van der Waals surface area contributed by atoms with Gasteiger partial charge in [0.15, 0.2) is 0 Å². The zero-order valence-electron chi connectivity index (χ0n) is 11.4. The first-order valence-corrected chi connectivity index (χ1v) is 6.51. The first kappa shape index (κ1) is 22.5. The molecule has 0 amide bonds. The molecule has 0 radical (unpaired) electrons. The van der Waals surface area contributed by atoms with E-state index in [4.69, 9.17) is 0 Å². The molecule has 0 N–H and O–H groups in total. The number of hydrogen-bond donors (Lipinski definition) is 0. The van der Waals surface area contributed by atoms with Crippen molar-refractivity contribution in [2.45, 2.75) is 20.3 Å². The summed E-state index contributed by atoms with van der Waals surface area (Å²) in [7, 11) is 0. The summed E-state index contributed by atoms with van der Waals surface area (Å²) in [5.74, 6) is 0. The van der Waals surface area contributed by atoms with E-state index in [0.717, 1.165) is 10.9 Å². The van der Waals surface area contributed by atoms with E-state index in [1.165, 1.54) is 21.9 Å². The summed E-state index contributed by atoms with van der Waals surface area (Å²) in [5.41, 5.74) is 2.68. The predicted molar refractivity (Wildman–Crippen MR) is 78.3 cm³/mol. The number of benzene rings is 1. The molecule has 0 nitrogen and oxygen atoms in total. The molecule has 0 bridgehead atoms. The minimum absolute atomic E-state index is 0. The molecule has 0 unspecified atom stereocenters. The van der Waals surface area contributed by atoms with Crippen LogP contribution in [-0.2, 0) is 26.2 Å². The second-order valence-corrected chi connectivity index (χ2v) is 5.18. The van der Waals surface area contributed by atoms with Crippen LogP contribution in [0.5, 0.6) is 0 Å². The van der Waals surface area contributed by atoms with E-state index in [1.807, 2.05) is 12.2 Å².